The quantitative estimate of drug-likeness (QED) is 0.647. The minimum absolute atomic E-state index is 0.0330. The Balaban J connectivity index is 2.04. The number of nitrogens with zero attached hydrogens (tertiary/aromatic N) is 1. The molecule has 1 N–H and O–H groups in total. The molecule has 0 aromatic heterocycles. The van der Waals surface area contributed by atoms with E-state index in [1.165, 1.54) is 31.4 Å². The molecule has 1 fully saturated rings. The average Bonchev–Trinajstić information content (AvgIpc) is 2.41. The first kappa shape index (κ1) is 14.1. The molecule has 1 aliphatic rings. The summed E-state index contributed by atoms with van der Waals surface area (Å²) in [5.74, 6) is 0.781. The highest BCUT2D eigenvalue weighted by molar-refractivity contribution is 6.33. The molecule has 104 valence electrons. The van der Waals surface area contributed by atoms with E-state index in [0.29, 0.717) is 11.1 Å². The van der Waals surface area contributed by atoms with Crippen LogP contribution in [0.4, 0.5) is 11.4 Å². The van der Waals surface area contributed by atoms with Crippen molar-refractivity contribution in [3.05, 3.63) is 33.3 Å². The molecule has 1 aliphatic carbocycles. The van der Waals surface area contributed by atoms with E-state index in [1.807, 2.05) is 0 Å². The second-order valence-electron chi connectivity index (χ2n) is 5.20. The van der Waals surface area contributed by atoms with Gasteiger partial charge >= 0.3 is 0 Å². The van der Waals surface area contributed by atoms with E-state index in [-0.39, 0.29) is 5.69 Å². The molecular formula is C14H19ClN2O2. The van der Waals surface area contributed by atoms with E-state index in [4.69, 9.17) is 11.6 Å². The van der Waals surface area contributed by atoms with Crippen LogP contribution in [-0.4, -0.2) is 11.0 Å². The lowest BCUT2D eigenvalue weighted by atomic mass is 9.84. The maximum atomic E-state index is 10.7. The van der Waals surface area contributed by atoms with Gasteiger partial charge in [0.1, 0.15) is 0 Å². The van der Waals surface area contributed by atoms with Crippen LogP contribution < -0.4 is 5.32 Å². The van der Waals surface area contributed by atoms with Gasteiger partial charge in [-0.3, -0.25) is 10.1 Å². The number of non-ortho nitro benzene ring substituents is 1. The maximum Gasteiger partial charge on any atom is 0.271 e. The number of nitro groups is 1. The van der Waals surface area contributed by atoms with Crippen LogP contribution in [0.1, 0.15) is 39.0 Å². The van der Waals surface area contributed by atoms with E-state index < -0.39 is 4.92 Å². The van der Waals surface area contributed by atoms with Gasteiger partial charge in [0.2, 0.25) is 0 Å². The Morgan fingerprint density at radius 1 is 1.47 bits per heavy atom. The average molecular weight is 283 g/mol. The van der Waals surface area contributed by atoms with E-state index in [1.54, 1.807) is 6.07 Å². The third kappa shape index (κ3) is 3.60. The van der Waals surface area contributed by atoms with Gasteiger partial charge in [0.15, 0.2) is 0 Å². The van der Waals surface area contributed by atoms with Crippen molar-refractivity contribution in [3.63, 3.8) is 0 Å². The number of hydrogen-bond donors (Lipinski definition) is 1. The van der Waals surface area contributed by atoms with Crippen LogP contribution in [0.15, 0.2) is 18.2 Å². The Bertz CT molecular complexity index is 465. The summed E-state index contributed by atoms with van der Waals surface area (Å²) in [6.07, 6.45) is 6.06. The number of rotatable bonds is 4. The summed E-state index contributed by atoms with van der Waals surface area (Å²) in [5, 5.41) is 14.5. The fraction of sp³-hybridized carbons (Fsp3) is 0.571. The minimum Gasteiger partial charge on any atom is -0.381 e. The Hall–Kier alpha value is -1.29. The molecule has 2 rings (SSSR count). The third-order valence-electron chi connectivity index (χ3n) is 3.88. The fourth-order valence-electron chi connectivity index (χ4n) is 2.75. The predicted octanol–water partition coefficient (Wildman–Crippen LogP) is 4.63. The van der Waals surface area contributed by atoms with Gasteiger partial charge in [-0.15, -0.1) is 0 Å². The summed E-state index contributed by atoms with van der Waals surface area (Å²) in [4.78, 5) is 10.2. The zero-order valence-corrected chi connectivity index (χ0v) is 11.8. The zero-order chi connectivity index (χ0) is 13.8. The number of anilines is 1. The molecule has 1 aromatic carbocycles. The van der Waals surface area contributed by atoms with E-state index in [9.17, 15) is 10.1 Å². The van der Waals surface area contributed by atoms with Gasteiger partial charge in [-0.25, -0.2) is 0 Å². The predicted molar refractivity (Wildman–Crippen MR) is 77.8 cm³/mol. The van der Waals surface area contributed by atoms with Gasteiger partial charge < -0.3 is 5.32 Å². The Kier molecular flexibility index (Phi) is 4.64. The first-order valence-electron chi connectivity index (χ1n) is 6.80. The van der Waals surface area contributed by atoms with Crippen LogP contribution in [0.3, 0.4) is 0 Å². The topological polar surface area (TPSA) is 55.2 Å². The zero-order valence-electron chi connectivity index (χ0n) is 11.1. The normalized spacial score (nSPS) is 23.1. The van der Waals surface area contributed by atoms with Gasteiger partial charge in [0, 0.05) is 18.2 Å². The Labute approximate surface area is 118 Å². The van der Waals surface area contributed by atoms with Crippen molar-refractivity contribution in [3.8, 4) is 0 Å². The Morgan fingerprint density at radius 3 is 2.89 bits per heavy atom. The van der Waals surface area contributed by atoms with E-state index in [2.05, 4.69) is 12.2 Å². The van der Waals surface area contributed by atoms with Crippen molar-refractivity contribution < 1.29 is 4.92 Å². The smallest absolute Gasteiger partial charge is 0.271 e. The second-order valence-corrected chi connectivity index (χ2v) is 5.61. The van der Waals surface area contributed by atoms with Crippen molar-refractivity contribution in [1.82, 2.24) is 0 Å². The highest BCUT2D eigenvalue weighted by Gasteiger charge is 2.21. The van der Waals surface area contributed by atoms with Gasteiger partial charge in [-0.2, -0.15) is 0 Å². The molecule has 0 saturated heterocycles. The molecule has 0 amide bonds. The monoisotopic (exact) mass is 282 g/mol. The molecule has 1 saturated carbocycles. The summed E-state index contributed by atoms with van der Waals surface area (Å²) in [5.41, 5.74) is 0.833. The molecule has 2 unspecified atom stereocenters. The standard InChI is InChI=1S/C14H19ClN2O2/c1-2-10-4-3-5-11(8-10)16-14-7-6-12(17(18)19)9-13(14)15/h6-7,9-11,16H,2-5,8H2,1H3. The lowest BCUT2D eigenvalue weighted by Gasteiger charge is -2.30. The molecule has 4 nitrogen and oxygen atoms in total. The molecule has 1 aromatic rings. The van der Waals surface area contributed by atoms with Gasteiger partial charge in [0.05, 0.1) is 15.6 Å². The van der Waals surface area contributed by atoms with Crippen LogP contribution in [0.25, 0.3) is 0 Å². The summed E-state index contributed by atoms with van der Waals surface area (Å²) >= 11 is 6.10. The Morgan fingerprint density at radius 2 is 2.26 bits per heavy atom. The summed E-state index contributed by atoms with van der Waals surface area (Å²) in [6, 6.07) is 5.03. The van der Waals surface area contributed by atoms with E-state index in [0.717, 1.165) is 24.4 Å². The lowest BCUT2D eigenvalue weighted by molar-refractivity contribution is -0.384. The molecular weight excluding hydrogens is 264 g/mol. The summed E-state index contributed by atoms with van der Waals surface area (Å²) in [7, 11) is 0. The molecule has 19 heavy (non-hydrogen) atoms. The largest absolute Gasteiger partial charge is 0.381 e. The molecule has 0 heterocycles. The number of hydrogen-bond acceptors (Lipinski definition) is 3. The number of nitro benzene ring substituents is 1. The first-order chi connectivity index (χ1) is 9.10. The van der Waals surface area contributed by atoms with Crippen LogP contribution in [0, 0.1) is 16.0 Å². The van der Waals surface area contributed by atoms with E-state index >= 15 is 0 Å². The second kappa shape index (κ2) is 6.24. The van der Waals surface area contributed by atoms with Gasteiger partial charge in [0.25, 0.3) is 5.69 Å². The summed E-state index contributed by atoms with van der Waals surface area (Å²) in [6.45, 7) is 2.23. The lowest BCUT2D eigenvalue weighted by Crippen LogP contribution is -2.27. The first-order valence-corrected chi connectivity index (χ1v) is 7.18. The summed E-state index contributed by atoms with van der Waals surface area (Å²) < 4.78 is 0. The van der Waals surface area contributed by atoms with Crippen molar-refractivity contribution in [2.24, 2.45) is 5.92 Å². The van der Waals surface area contributed by atoms with Crippen LogP contribution in [0.2, 0.25) is 5.02 Å². The van der Waals surface area contributed by atoms with Crippen LogP contribution in [0.5, 0.6) is 0 Å². The van der Waals surface area contributed by atoms with Crippen molar-refractivity contribution in [1.29, 1.82) is 0 Å². The van der Waals surface area contributed by atoms with Crippen LogP contribution in [-0.2, 0) is 0 Å². The van der Waals surface area contributed by atoms with Crippen LogP contribution >= 0.6 is 11.6 Å². The fourth-order valence-corrected chi connectivity index (χ4v) is 2.98. The molecule has 2 atom stereocenters. The third-order valence-corrected chi connectivity index (χ3v) is 4.20. The van der Waals surface area contributed by atoms with Crippen molar-refractivity contribution in [2.45, 2.75) is 45.1 Å². The van der Waals surface area contributed by atoms with Crippen molar-refractivity contribution >= 4 is 23.0 Å². The SMILES string of the molecule is CCC1CCCC(Nc2ccc([N+](=O)[O-])cc2Cl)C1. The molecule has 0 bridgehead atoms. The van der Waals surface area contributed by atoms with Gasteiger partial charge in [-0.1, -0.05) is 37.8 Å². The number of nitrogens with one attached hydrogen (secondary N) is 1. The van der Waals surface area contributed by atoms with Gasteiger partial charge in [-0.05, 0) is 24.8 Å². The minimum atomic E-state index is -0.427. The molecule has 0 aliphatic heterocycles. The number of halogens is 1. The molecule has 0 radical (unpaired) electrons. The number of benzene rings is 1. The van der Waals surface area contributed by atoms with Crippen molar-refractivity contribution in [2.75, 3.05) is 5.32 Å². The maximum absolute atomic E-state index is 10.7. The molecule has 5 heteroatoms. The molecule has 0 spiro atoms. The highest BCUT2D eigenvalue weighted by Crippen LogP contribution is 2.32. The highest BCUT2D eigenvalue weighted by atomic mass is 35.5.